The molecule has 0 fully saturated rings. The van der Waals surface area contributed by atoms with Gasteiger partial charge >= 0.3 is 0 Å². The van der Waals surface area contributed by atoms with Crippen LogP contribution in [0.4, 0.5) is 0 Å². The van der Waals surface area contributed by atoms with Crippen LogP contribution in [0.1, 0.15) is 50.8 Å². The number of aliphatic hydroxyl groups excluding tert-OH is 1. The average Bonchev–Trinajstić information content (AvgIpc) is 2.30. The van der Waals surface area contributed by atoms with Crippen molar-refractivity contribution in [1.82, 2.24) is 0 Å². The molecule has 0 aliphatic carbocycles. The van der Waals surface area contributed by atoms with Gasteiger partial charge in [0.2, 0.25) is 0 Å². The third-order valence-corrected chi connectivity index (χ3v) is 3.69. The van der Waals surface area contributed by atoms with Gasteiger partial charge in [0.05, 0.1) is 6.61 Å². The standard InChI is InChI=1S/C17H26O2/c1-12-6-7-14(10-16(12)17(3,4)5)8-9-15(11-18)13(2)19/h6-7,10,15,18H,8-9,11H2,1-5H3/t15-/m0/s1. The van der Waals surface area contributed by atoms with Crippen molar-refractivity contribution in [2.45, 2.75) is 52.9 Å². The second kappa shape index (κ2) is 6.33. The summed E-state index contributed by atoms with van der Waals surface area (Å²) in [4.78, 5) is 11.3. The molecule has 106 valence electrons. The molecular weight excluding hydrogens is 236 g/mol. The second-order valence-electron chi connectivity index (χ2n) is 6.43. The van der Waals surface area contributed by atoms with Crippen molar-refractivity contribution in [2.24, 2.45) is 5.92 Å². The molecule has 0 aromatic heterocycles. The van der Waals surface area contributed by atoms with E-state index in [1.165, 1.54) is 16.7 Å². The fourth-order valence-corrected chi connectivity index (χ4v) is 2.40. The fourth-order valence-electron chi connectivity index (χ4n) is 2.40. The zero-order valence-electron chi connectivity index (χ0n) is 12.8. The van der Waals surface area contributed by atoms with Crippen LogP contribution in [-0.2, 0) is 16.6 Å². The molecule has 0 radical (unpaired) electrons. The van der Waals surface area contributed by atoms with E-state index < -0.39 is 0 Å². The van der Waals surface area contributed by atoms with Gasteiger partial charge in [0.25, 0.3) is 0 Å². The monoisotopic (exact) mass is 262 g/mol. The summed E-state index contributed by atoms with van der Waals surface area (Å²) < 4.78 is 0. The first-order valence-corrected chi connectivity index (χ1v) is 6.97. The molecule has 1 aromatic rings. The van der Waals surface area contributed by atoms with Crippen LogP contribution < -0.4 is 0 Å². The minimum Gasteiger partial charge on any atom is -0.396 e. The average molecular weight is 262 g/mol. The number of aliphatic hydroxyl groups is 1. The summed E-state index contributed by atoms with van der Waals surface area (Å²) in [6.07, 6.45) is 1.56. The van der Waals surface area contributed by atoms with Gasteiger partial charge in [0.1, 0.15) is 5.78 Å². The van der Waals surface area contributed by atoms with Crippen LogP contribution in [-0.4, -0.2) is 17.5 Å². The van der Waals surface area contributed by atoms with E-state index in [1.807, 2.05) is 0 Å². The van der Waals surface area contributed by atoms with Gasteiger partial charge in [-0.25, -0.2) is 0 Å². The Bertz CT molecular complexity index is 441. The van der Waals surface area contributed by atoms with E-state index in [-0.39, 0.29) is 23.7 Å². The highest BCUT2D eigenvalue weighted by atomic mass is 16.3. The molecule has 1 rings (SSSR count). The van der Waals surface area contributed by atoms with Crippen LogP contribution >= 0.6 is 0 Å². The molecule has 0 heterocycles. The van der Waals surface area contributed by atoms with Crippen LogP contribution in [0, 0.1) is 12.8 Å². The van der Waals surface area contributed by atoms with Crippen LogP contribution in [0.25, 0.3) is 0 Å². The molecule has 0 aliphatic heterocycles. The highest BCUT2D eigenvalue weighted by Crippen LogP contribution is 2.27. The number of ketones is 1. The molecule has 0 saturated carbocycles. The number of hydrogen-bond donors (Lipinski definition) is 1. The summed E-state index contributed by atoms with van der Waals surface area (Å²) in [5.41, 5.74) is 4.04. The first-order valence-electron chi connectivity index (χ1n) is 6.97. The molecule has 2 heteroatoms. The van der Waals surface area contributed by atoms with E-state index in [0.29, 0.717) is 0 Å². The molecule has 0 unspecified atom stereocenters. The Morgan fingerprint density at radius 2 is 1.95 bits per heavy atom. The number of carbonyl (C=O) groups is 1. The van der Waals surface area contributed by atoms with Crippen molar-refractivity contribution >= 4 is 5.78 Å². The van der Waals surface area contributed by atoms with E-state index in [0.717, 1.165) is 12.8 Å². The Kier molecular flexibility index (Phi) is 5.30. The number of benzene rings is 1. The number of hydrogen-bond acceptors (Lipinski definition) is 2. The van der Waals surface area contributed by atoms with Crippen molar-refractivity contribution in [3.05, 3.63) is 34.9 Å². The summed E-state index contributed by atoms with van der Waals surface area (Å²) in [7, 11) is 0. The zero-order valence-corrected chi connectivity index (χ0v) is 12.8. The van der Waals surface area contributed by atoms with Crippen molar-refractivity contribution in [2.75, 3.05) is 6.61 Å². The first-order chi connectivity index (χ1) is 8.75. The molecule has 19 heavy (non-hydrogen) atoms. The Morgan fingerprint density at radius 1 is 1.32 bits per heavy atom. The molecular formula is C17H26O2. The number of Topliss-reactive ketones (excluding diaryl/α,β-unsaturated/α-hetero) is 1. The number of carbonyl (C=O) groups excluding carboxylic acids is 1. The molecule has 1 N–H and O–H groups in total. The molecule has 2 nitrogen and oxygen atoms in total. The van der Waals surface area contributed by atoms with Crippen molar-refractivity contribution < 1.29 is 9.90 Å². The van der Waals surface area contributed by atoms with Crippen molar-refractivity contribution in [1.29, 1.82) is 0 Å². The molecule has 0 spiro atoms. The molecule has 0 bridgehead atoms. The Labute approximate surface area is 116 Å². The minimum absolute atomic E-state index is 0.0483. The lowest BCUT2D eigenvalue weighted by Gasteiger charge is -2.23. The van der Waals surface area contributed by atoms with Gasteiger partial charge < -0.3 is 5.11 Å². The predicted octanol–water partition coefficient (Wildman–Crippen LogP) is 3.42. The topological polar surface area (TPSA) is 37.3 Å². The van der Waals surface area contributed by atoms with Gasteiger partial charge in [0, 0.05) is 5.92 Å². The van der Waals surface area contributed by atoms with Crippen LogP contribution in [0.5, 0.6) is 0 Å². The second-order valence-corrected chi connectivity index (χ2v) is 6.43. The SMILES string of the molecule is CC(=O)[C@H](CO)CCc1ccc(C)c(C(C)(C)C)c1. The largest absolute Gasteiger partial charge is 0.396 e. The van der Waals surface area contributed by atoms with E-state index >= 15 is 0 Å². The van der Waals surface area contributed by atoms with E-state index in [4.69, 9.17) is 0 Å². The Morgan fingerprint density at radius 3 is 2.42 bits per heavy atom. The predicted molar refractivity (Wildman–Crippen MR) is 79.5 cm³/mol. The summed E-state index contributed by atoms with van der Waals surface area (Å²) in [5.74, 6) is -0.148. The summed E-state index contributed by atoms with van der Waals surface area (Å²) in [6, 6.07) is 6.51. The maximum absolute atomic E-state index is 11.3. The highest BCUT2D eigenvalue weighted by Gasteiger charge is 2.17. The van der Waals surface area contributed by atoms with E-state index in [9.17, 15) is 9.90 Å². The van der Waals surface area contributed by atoms with Gasteiger partial charge in [0.15, 0.2) is 0 Å². The normalized spacial score (nSPS) is 13.4. The Balaban J connectivity index is 2.83. The van der Waals surface area contributed by atoms with Crippen LogP contribution in [0.3, 0.4) is 0 Å². The van der Waals surface area contributed by atoms with Gasteiger partial charge in [-0.3, -0.25) is 4.79 Å². The number of rotatable bonds is 5. The van der Waals surface area contributed by atoms with E-state index in [1.54, 1.807) is 6.92 Å². The zero-order chi connectivity index (χ0) is 14.6. The molecule has 0 amide bonds. The third-order valence-electron chi connectivity index (χ3n) is 3.69. The summed E-state index contributed by atoms with van der Waals surface area (Å²) >= 11 is 0. The maximum Gasteiger partial charge on any atom is 0.135 e. The quantitative estimate of drug-likeness (QED) is 0.882. The minimum atomic E-state index is -0.223. The van der Waals surface area contributed by atoms with Crippen LogP contribution in [0.2, 0.25) is 0 Å². The summed E-state index contributed by atoms with van der Waals surface area (Å²) in [6.45, 7) is 10.3. The molecule has 1 aromatic carbocycles. The Hall–Kier alpha value is -1.15. The lowest BCUT2D eigenvalue weighted by atomic mass is 9.82. The number of aryl methyl sites for hydroxylation is 2. The lowest BCUT2D eigenvalue weighted by Crippen LogP contribution is -2.17. The van der Waals surface area contributed by atoms with Gasteiger partial charge in [-0.2, -0.15) is 0 Å². The summed E-state index contributed by atoms with van der Waals surface area (Å²) in [5, 5.41) is 9.18. The molecule has 0 saturated heterocycles. The van der Waals surface area contributed by atoms with Gasteiger partial charge in [-0.15, -0.1) is 0 Å². The van der Waals surface area contributed by atoms with Crippen LogP contribution in [0.15, 0.2) is 18.2 Å². The highest BCUT2D eigenvalue weighted by molar-refractivity contribution is 5.78. The fraction of sp³-hybridized carbons (Fsp3) is 0.588. The van der Waals surface area contributed by atoms with Crippen molar-refractivity contribution in [3.8, 4) is 0 Å². The van der Waals surface area contributed by atoms with Crippen molar-refractivity contribution in [3.63, 3.8) is 0 Å². The maximum atomic E-state index is 11.3. The smallest absolute Gasteiger partial charge is 0.135 e. The lowest BCUT2D eigenvalue weighted by molar-refractivity contribution is -0.122. The first kappa shape index (κ1) is 15.9. The third kappa shape index (κ3) is 4.46. The molecule has 1 atom stereocenters. The molecule has 0 aliphatic rings. The van der Waals surface area contributed by atoms with Gasteiger partial charge in [-0.1, -0.05) is 39.0 Å². The van der Waals surface area contributed by atoms with E-state index in [2.05, 4.69) is 45.9 Å². The van der Waals surface area contributed by atoms with Gasteiger partial charge in [-0.05, 0) is 48.8 Å².